The molecule has 0 unspecified atom stereocenters. The Morgan fingerprint density at radius 1 is 1.00 bits per heavy atom. The van der Waals surface area contributed by atoms with Crippen LogP contribution in [0.1, 0.15) is 11.1 Å². The Bertz CT molecular complexity index is 361. The SMILES string of the molecule is CN1C(=O)Cc2ccccc2CC1=O. The molecule has 0 saturated heterocycles. The Hall–Kier alpha value is -1.64. The van der Waals surface area contributed by atoms with Gasteiger partial charge in [0.1, 0.15) is 0 Å². The monoisotopic (exact) mass is 189 g/mol. The summed E-state index contributed by atoms with van der Waals surface area (Å²) in [4.78, 5) is 24.2. The van der Waals surface area contributed by atoms with Gasteiger partial charge in [0, 0.05) is 7.05 Å². The van der Waals surface area contributed by atoms with E-state index in [1.165, 1.54) is 11.9 Å². The third-order valence-electron chi connectivity index (χ3n) is 2.55. The predicted octanol–water partition coefficient (Wildman–Crippen LogP) is 0.770. The molecule has 1 heterocycles. The molecule has 0 aliphatic carbocycles. The van der Waals surface area contributed by atoms with Crippen molar-refractivity contribution in [3.63, 3.8) is 0 Å². The second kappa shape index (κ2) is 3.25. The minimum Gasteiger partial charge on any atom is -0.285 e. The van der Waals surface area contributed by atoms with E-state index in [-0.39, 0.29) is 11.8 Å². The molecular formula is C11H11NO2. The average molecular weight is 189 g/mol. The van der Waals surface area contributed by atoms with Gasteiger partial charge in [0.15, 0.2) is 0 Å². The van der Waals surface area contributed by atoms with Crippen molar-refractivity contribution in [2.24, 2.45) is 0 Å². The maximum atomic E-state index is 11.5. The molecule has 1 aromatic carbocycles. The molecule has 2 rings (SSSR count). The molecule has 0 spiro atoms. The number of nitrogens with zero attached hydrogens (tertiary/aromatic N) is 1. The first-order chi connectivity index (χ1) is 6.68. The highest BCUT2D eigenvalue weighted by molar-refractivity contribution is 5.98. The van der Waals surface area contributed by atoms with E-state index in [0.717, 1.165) is 11.1 Å². The number of carbonyl (C=O) groups excluding carboxylic acids is 2. The first kappa shape index (κ1) is 8.94. The standard InChI is InChI=1S/C11H11NO2/c1-12-10(13)6-8-4-2-3-5-9(8)7-11(12)14/h2-5H,6-7H2,1H3. The molecule has 0 radical (unpaired) electrons. The fourth-order valence-electron chi connectivity index (χ4n) is 1.60. The number of fused-ring (bicyclic) bond motifs is 1. The average Bonchev–Trinajstić information content (AvgIpc) is 2.28. The Kier molecular flexibility index (Phi) is 2.08. The van der Waals surface area contributed by atoms with E-state index >= 15 is 0 Å². The van der Waals surface area contributed by atoms with Gasteiger partial charge in [0.25, 0.3) is 0 Å². The van der Waals surface area contributed by atoms with E-state index in [1.807, 2.05) is 24.3 Å². The van der Waals surface area contributed by atoms with Crippen molar-refractivity contribution in [2.45, 2.75) is 12.8 Å². The molecule has 1 aliphatic heterocycles. The van der Waals surface area contributed by atoms with Crippen LogP contribution in [0.4, 0.5) is 0 Å². The summed E-state index contributed by atoms with van der Waals surface area (Å²) >= 11 is 0. The van der Waals surface area contributed by atoms with Crippen molar-refractivity contribution >= 4 is 11.8 Å². The number of carbonyl (C=O) groups is 2. The maximum absolute atomic E-state index is 11.5. The van der Waals surface area contributed by atoms with Crippen LogP contribution in [0.5, 0.6) is 0 Å². The van der Waals surface area contributed by atoms with Crippen molar-refractivity contribution in [2.75, 3.05) is 7.05 Å². The van der Waals surface area contributed by atoms with Gasteiger partial charge in [-0.2, -0.15) is 0 Å². The quantitative estimate of drug-likeness (QED) is 0.565. The summed E-state index contributed by atoms with van der Waals surface area (Å²) in [6.07, 6.45) is 0.664. The van der Waals surface area contributed by atoms with E-state index in [9.17, 15) is 9.59 Å². The number of hydrogen-bond donors (Lipinski definition) is 0. The number of imide groups is 1. The third-order valence-corrected chi connectivity index (χ3v) is 2.55. The zero-order valence-electron chi connectivity index (χ0n) is 7.99. The van der Waals surface area contributed by atoms with Crippen molar-refractivity contribution in [3.05, 3.63) is 35.4 Å². The Labute approximate surface area is 82.3 Å². The largest absolute Gasteiger partial charge is 0.285 e. The van der Waals surface area contributed by atoms with Crippen LogP contribution >= 0.6 is 0 Å². The molecule has 0 saturated carbocycles. The molecule has 1 aromatic rings. The summed E-state index contributed by atoms with van der Waals surface area (Å²) < 4.78 is 0. The van der Waals surface area contributed by atoms with Crippen LogP contribution in [0.15, 0.2) is 24.3 Å². The highest BCUT2D eigenvalue weighted by Gasteiger charge is 2.23. The van der Waals surface area contributed by atoms with E-state index in [1.54, 1.807) is 0 Å². The summed E-state index contributed by atoms with van der Waals surface area (Å²) in [5.74, 6) is -0.250. The van der Waals surface area contributed by atoms with E-state index in [2.05, 4.69) is 0 Å². The summed E-state index contributed by atoms with van der Waals surface area (Å²) in [7, 11) is 1.54. The van der Waals surface area contributed by atoms with Crippen molar-refractivity contribution in [3.8, 4) is 0 Å². The summed E-state index contributed by atoms with van der Waals surface area (Å²) in [6.45, 7) is 0. The smallest absolute Gasteiger partial charge is 0.233 e. The second-order valence-corrected chi connectivity index (χ2v) is 3.47. The molecule has 0 N–H and O–H groups in total. The number of amides is 2. The second-order valence-electron chi connectivity index (χ2n) is 3.47. The number of benzene rings is 1. The minimum absolute atomic E-state index is 0.125. The molecular weight excluding hydrogens is 178 g/mol. The normalized spacial score (nSPS) is 16.5. The molecule has 0 bridgehead atoms. The van der Waals surface area contributed by atoms with Gasteiger partial charge in [-0.3, -0.25) is 14.5 Å². The molecule has 0 fully saturated rings. The molecule has 1 aliphatic rings. The van der Waals surface area contributed by atoms with Gasteiger partial charge in [-0.15, -0.1) is 0 Å². The molecule has 0 aromatic heterocycles. The zero-order valence-corrected chi connectivity index (χ0v) is 7.99. The fraction of sp³-hybridized carbons (Fsp3) is 0.273. The van der Waals surface area contributed by atoms with E-state index in [4.69, 9.17) is 0 Å². The predicted molar refractivity (Wildman–Crippen MR) is 51.6 cm³/mol. The van der Waals surface area contributed by atoms with Crippen molar-refractivity contribution in [1.29, 1.82) is 0 Å². The van der Waals surface area contributed by atoms with Gasteiger partial charge in [-0.05, 0) is 11.1 Å². The van der Waals surface area contributed by atoms with Crippen LogP contribution in [-0.4, -0.2) is 23.8 Å². The van der Waals surface area contributed by atoms with Crippen LogP contribution in [0.3, 0.4) is 0 Å². The zero-order chi connectivity index (χ0) is 10.1. The lowest BCUT2D eigenvalue weighted by atomic mass is 10.0. The molecule has 3 nitrogen and oxygen atoms in total. The molecule has 72 valence electrons. The highest BCUT2D eigenvalue weighted by Crippen LogP contribution is 2.15. The molecule has 0 atom stereocenters. The molecule has 14 heavy (non-hydrogen) atoms. The third kappa shape index (κ3) is 1.41. The molecule has 3 heteroatoms. The van der Waals surface area contributed by atoms with Gasteiger partial charge in [0.05, 0.1) is 12.8 Å². The van der Waals surface area contributed by atoms with Crippen LogP contribution < -0.4 is 0 Å². The first-order valence-corrected chi connectivity index (χ1v) is 4.54. The minimum atomic E-state index is -0.125. The van der Waals surface area contributed by atoms with Gasteiger partial charge in [0.2, 0.25) is 11.8 Å². The van der Waals surface area contributed by atoms with Crippen molar-refractivity contribution in [1.82, 2.24) is 4.90 Å². The van der Waals surface area contributed by atoms with Gasteiger partial charge >= 0.3 is 0 Å². The first-order valence-electron chi connectivity index (χ1n) is 4.54. The Balaban J connectivity index is 2.44. The van der Waals surface area contributed by atoms with Gasteiger partial charge in [-0.1, -0.05) is 24.3 Å². The fourth-order valence-corrected chi connectivity index (χ4v) is 1.60. The maximum Gasteiger partial charge on any atom is 0.233 e. The van der Waals surface area contributed by atoms with E-state index < -0.39 is 0 Å². The lowest BCUT2D eigenvalue weighted by Crippen LogP contribution is -2.32. The van der Waals surface area contributed by atoms with E-state index in [0.29, 0.717) is 12.8 Å². The van der Waals surface area contributed by atoms with Crippen LogP contribution in [0.25, 0.3) is 0 Å². The Morgan fingerprint density at radius 2 is 1.43 bits per heavy atom. The van der Waals surface area contributed by atoms with Crippen LogP contribution in [0, 0.1) is 0 Å². The highest BCUT2D eigenvalue weighted by atomic mass is 16.2. The summed E-state index contributed by atoms with van der Waals surface area (Å²) in [5, 5.41) is 0. The lowest BCUT2D eigenvalue weighted by Gasteiger charge is -2.10. The summed E-state index contributed by atoms with van der Waals surface area (Å²) in [5.41, 5.74) is 1.94. The van der Waals surface area contributed by atoms with Crippen LogP contribution in [0.2, 0.25) is 0 Å². The lowest BCUT2D eigenvalue weighted by molar-refractivity contribution is -0.141. The number of likely N-dealkylation sites (N-methyl/N-ethyl adjacent to an activating group) is 1. The van der Waals surface area contributed by atoms with Crippen LogP contribution in [-0.2, 0) is 22.4 Å². The number of hydrogen-bond acceptors (Lipinski definition) is 2. The van der Waals surface area contributed by atoms with Gasteiger partial charge < -0.3 is 0 Å². The number of rotatable bonds is 0. The van der Waals surface area contributed by atoms with Crippen molar-refractivity contribution < 1.29 is 9.59 Å². The topological polar surface area (TPSA) is 37.4 Å². The Morgan fingerprint density at radius 3 is 1.86 bits per heavy atom. The molecule has 2 amide bonds. The summed E-state index contributed by atoms with van der Waals surface area (Å²) in [6, 6.07) is 7.59. The van der Waals surface area contributed by atoms with Gasteiger partial charge in [-0.25, -0.2) is 0 Å².